The molecule has 2 N–H and O–H groups in total. The minimum atomic E-state index is -0.643. The number of ether oxygens (including phenoxy) is 1. The van der Waals surface area contributed by atoms with E-state index in [9.17, 15) is 4.79 Å². The number of hydrogen-bond acceptors (Lipinski definition) is 3. The highest BCUT2D eigenvalue weighted by atomic mass is 16.5. The first kappa shape index (κ1) is 14.9. The maximum absolute atomic E-state index is 11.1. The van der Waals surface area contributed by atoms with Crippen LogP contribution in [0.4, 0.5) is 0 Å². The number of carboxylic acid groups (broad SMARTS) is 1. The van der Waals surface area contributed by atoms with Crippen LogP contribution >= 0.6 is 0 Å². The second kappa shape index (κ2) is 7.29. The molecule has 1 aliphatic rings. The van der Waals surface area contributed by atoms with Crippen LogP contribution in [0, 0.1) is 11.8 Å². The van der Waals surface area contributed by atoms with E-state index in [0.29, 0.717) is 6.61 Å². The molecule has 1 aromatic carbocycles. The maximum Gasteiger partial charge on any atom is 0.306 e. The Kier molecular flexibility index (Phi) is 5.41. The van der Waals surface area contributed by atoms with Crippen molar-refractivity contribution < 1.29 is 14.6 Å². The van der Waals surface area contributed by atoms with E-state index in [-0.39, 0.29) is 11.8 Å². The molecule has 1 fully saturated rings. The van der Waals surface area contributed by atoms with Gasteiger partial charge in [0.15, 0.2) is 0 Å². The van der Waals surface area contributed by atoms with E-state index < -0.39 is 5.97 Å². The Bertz CT molecular complexity index is 430. The first-order valence-corrected chi connectivity index (χ1v) is 7.36. The lowest BCUT2D eigenvalue weighted by atomic mass is 9.96. The molecule has 1 saturated carbocycles. The molecule has 0 amide bonds. The molecule has 2 unspecified atom stereocenters. The molecule has 0 aromatic heterocycles. The van der Waals surface area contributed by atoms with Gasteiger partial charge in [-0.1, -0.05) is 18.6 Å². The summed E-state index contributed by atoms with van der Waals surface area (Å²) < 4.78 is 5.40. The summed E-state index contributed by atoms with van der Waals surface area (Å²) in [6.07, 6.45) is 2.88. The Morgan fingerprint density at radius 3 is 2.75 bits per heavy atom. The van der Waals surface area contributed by atoms with Crippen LogP contribution in [0.2, 0.25) is 0 Å². The summed E-state index contributed by atoms with van der Waals surface area (Å²) in [6, 6.07) is 8.02. The van der Waals surface area contributed by atoms with E-state index >= 15 is 0 Å². The predicted octanol–water partition coefficient (Wildman–Crippen LogP) is 2.68. The lowest BCUT2D eigenvalue weighted by Gasteiger charge is -2.16. The molecule has 4 heteroatoms. The van der Waals surface area contributed by atoms with E-state index in [1.54, 1.807) is 0 Å². The Labute approximate surface area is 120 Å². The molecule has 1 aliphatic carbocycles. The molecule has 0 aliphatic heterocycles. The summed E-state index contributed by atoms with van der Waals surface area (Å²) in [4.78, 5) is 11.1. The second-order valence-corrected chi connectivity index (χ2v) is 5.34. The van der Waals surface area contributed by atoms with Crippen molar-refractivity contribution >= 4 is 5.97 Å². The molecular formula is C16H23NO3. The van der Waals surface area contributed by atoms with Crippen LogP contribution in [0.1, 0.15) is 31.7 Å². The Morgan fingerprint density at radius 1 is 1.35 bits per heavy atom. The average molecular weight is 277 g/mol. The van der Waals surface area contributed by atoms with Crippen LogP contribution in [0.25, 0.3) is 0 Å². The molecule has 4 nitrogen and oxygen atoms in total. The van der Waals surface area contributed by atoms with Gasteiger partial charge in [-0.3, -0.25) is 4.79 Å². The van der Waals surface area contributed by atoms with Crippen molar-refractivity contribution in [2.24, 2.45) is 11.8 Å². The third-order valence-electron chi connectivity index (χ3n) is 3.95. The molecule has 0 spiro atoms. The van der Waals surface area contributed by atoms with Crippen LogP contribution in [0.3, 0.4) is 0 Å². The fraction of sp³-hybridized carbons (Fsp3) is 0.562. The SMILES string of the molecule is CCOc1ccc(CNCC2CCCC2C(=O)O)cc1. The van der Waals surface area contributed by atoms with Crippen molar-refractivity contribution in [3.63, 3.8) is 0 Å². The molecule has 0 heterocycles. The third-order valence-corrected chi connectivity index (χ3v) is 3.95. The monoisotopic (exact) mass is 277 g/mol. The van der Waals surface area contributed by atoms with Crippen molar-refractivity contribution in [1.29, 1.82) is 0 Å². The molecule has 0 radical (unpaired) electrons. The zero-order valence-corrected chi connectivity index (χ0v) is 12.0. The number of carbonyl (C=O) groups is 1. The topological polar surface area (TPSA) is 58.6 Å². The van der Waals surface area contributed by atoms with E-state index in [2.05, 4.69) is 5.32 Å². The van der Waals surface area contributed by atoms with Crippen LogP contribution in [-0.4, -0.2) is 24.2 Å². The van der Waals surface area contributed by atoms with Gasteiger partial charge in [0.1, 0.15) is 5.75 Å². The fourth-order valence-corrected chi connectivity index (χ4v) is 2.88. The van der Waals surface area contributed by atoms with Crippen LogP contribution in [-0.2, 0) is 11.3 Å². The van der Waals surface area contributed by atoms with Crippen LogP contribution in [0.15, 0.2) is 24.3 Å². The van der Waals surface area contributed by atoms with Gasteiger partial charge in [-0.15, -0.1) is 0 Å². The van der Waals surface area contributed by atoms with Gasteiger partial charge in [0.05, 0.1) is 12.5 Å². The van der Waals surface area contributed by atoms with Crippen molar-refractivity contribution in [2.75, 3.05) is 13.2 Å². The van der Waals surface area contributed by atoms with Gasteiger partial charge in [-0.05, 0) is 49.9 Å². The van der Waals surface area contributed by atoms with Gasteiger partial charge in [0.2, 0.25) is 0 Å². The molecule has 110 valence electrons. The number of carboxylic acids is 1. The van der Waals surface area contributed by atoms with Gasteiger partial charge in [0, 0.05) is 6.54 Å². The van der Waals surface area contributed by atoms with E-state index in [1.165, 1.54) is 5.56 Å². The minimum absolute atomic E-state index is 0.164. The van der Waals surface area contributed by atoms with Gasteiger partial charge in [-0.25, -0.2) is 0 Å². The van der Waals surface area contributed by atoms with E-state index in [1.807, 2.05) is 31.2 Å². The quantitative estimate of drug-likeness (QED) is 0.804. The zero-order chi connectivity index (χ0) is 14.4. The summed E-state index contributed by atoms with van der Waals surface area (Å²) in [5, 5.41) is 12.5. The average Bonchev–Trinajstić information content (AvgIpc) is 2.90. The first-order valence-electron chi connectivity index (χ1n) is 7.36. The summed E-state index contributed by atoms with van der Waals surface area (Å²) in [5.41, 5.74) is 1.19. The van der Waals surface area contributed by atoms with Gasteiger partial charge in [0.25, 0.3) is 0 Å². The number of rotatable bonds is 7. The third kappa shape index (κ3) is 3.97. The van der Waals surface area contributed by atoms with Crippen molar-refractivity contribution in [3.05, 3.63) is 29.8 Å². The van der Waals surface area contributed by atoms with Gasteiger partial charge < -0.3 is 15.2 Å². The molecule has 2 rings (SSSR count). The smallest absolute Gasteiger partial charge is 0.306 e. The summed E-state index contributed by atoms with van der Waals surface area (Å²) in [6.45, 7) is 4.20. The predicted molar refractivity (Wildman–Crippen MR) is 77.8 cm³/mol. The summed E-state index contributed by atoms with van der Waals surface area (Å²) in [5.74, 6) is 0.353. The van der Waals surface area contributed by atoms with Crippen molar-refractivity contribution in [1.82, 2.24) is 5.32 Å². The summed E-state index contributed by atoms with van der Waals surface area (Å²) in [7, 11) is 0. The Balaban J connectivity index is 1.76. The highest BCUT2D eigenvalue weighted by molar-refractivity contribution is 5.70. The summed E-state index contributed by atoms with van der Waals surface area (Å²) >= 11 is 0. The van der Waals surface area contributed by atoms with Crippen LogP contribution in [0.5, 0.6) is 5.75 Å². The molecule has 2 atom stereocenters. The Hall–Kier alpha value is -1.55. The number of hydrogen-bond donors (Lipinski definition) is 2. The van der Waals surface area contributed by atoms with E-state index in [4.69, 9.17) is 9.84 Å². The van der Waals surface area contributed by atoms with E-state index in [0.717, 1.165) is 38.1 Å². The van der Waals surface area contributed by atoms with Crippen molar-refractivity contribution in [3.8, 4) is 5.75 Å². The highest BCUT2D eigenvalue weighted by Crippen LogP contribution is 2.31. The zero-order valence-electron chi connectivity index (χ0n) is 12.0. The fourth-order valence-electron chi connectivity index (χ4n) is 2.88. The largest absolute Gasteiger partial charge is 0.494 e. The second-order valence-electron chi connectivity index (χ2n) is 5.34. The lowest BCUT2D eigenvalue weighted by molar-refractivity contribution is -0.142. The molecule has 1 aromatic rings. The van der Waals surface area contributed by atoms with Crippen molar-refractivity contribution in [2.45, 2.75) is 32.7 Å². The Morgan fingerprint density at radius 2 is 2.10 bits per heavy atom. The maximum atomic E-state index is 11.1. The minimum Gasteiger partial charge on any atom is -0.494 e. The standard InChI is InChI=1S/C16H23NO3/c1-2-20-14-8-6-12(7-9-14)10-17-11-13-4-3-5-15(13)16(18)19/h6-9,13,15,17H,2-5,10-11H2,1H3,(H,18,19). The number of nitrogens with one attached hydrogen (secondary N) is 1. The lowest BCUT2D eigenvalue weighted by Crippen LogP contribution is -2.28. The van der Waals surface area contributed by atoms with Gasteiger partial charge in [-0.2, -0.15) is 0 Å². The van der Waals surface area contributed by atoms with Crippen LogP contribution < -0.4 is 10.1 Å². The number of benzene rings is 1. The molecule has 20 heavy (non-hydrogen) atoms. The van der Waals surface area contributed by atoms with Gasteiger partial charge >= 0.3 is 5.97 Å². The first-order chi connectivity index (χ1) is 9.70. The molecular weight excluding hydrogens is 254 g/mol. The number of aliphatic carboxylic acids is 1. The molecule has 0 bridgehead atoms. The highest BCUT2D eigenvalue weighted by Gasteiger charge is 2.32. The normalized spacial score (nSPS) is 21.9. The molecule has 0 saturated heterocycles.